The monoisotopic (exact) mass is 265 g/mol. The fourth-order valence-electron chi connectivity index (χ4n) is 2.25. The van der Waals surface area contributed by atoms with Crippen molar-refractivity contribution in [2.75, 3.05) is 0 Å². The molecule has 1 atom stereocenters. The van der Waals surface area contributed by atoms with Crippen LogP contribution in [0.1, 0.15) is 33.0 Å². The molecule has 100 valence electrons. The molecule has 20 heavy (non-hydrogen) atoms. The number of hydrogen-bond acceptors (Lipinski definition) is 2. The van der Waals surface area contributed by atoms with Gasteiger partial charge in [0.25, 0.3) is 0 Å². The molecule has 0 saturated heterocycles. The lowest BCUT2D eigenvalue weighted by molar-refractivity contribution is 0.0695. The first-order valence-electron chi connectivity index (χ1n) is 6.39. The molecular formula is C17H15NO2. The molecule has 2 rings (SSSR count). The van der Waals surface area contributed by atoms with Gasteiger partial charge in [0.1, 0.15) is 0 Å². The maximum atomic E-state index is 11.2. The minimum Gasteiger partial charge on any atom is -0.478 e. The Morgan fingerprint density at radius 2 is 2.00 bits per heavy atom. The third kappa shape index (κ3) is 3.04. The quantitative estimate of drug-likeness (QED) is 0.919. The number of carbonyl (C=O) groups is 1. The van der Waals surface area contributed by atoms with Crippen molar-refractivity contribution in [3.63, 3.8) is 0 Å². The first-order chi connectivity index (χ1) is 9.61. The molecule has 3 heteroatoms. The zero-order chi connectivity index (χ0) is 14.5. The summed E-state index contributed by atoms with van der Waals surface area (Å²) in [5.74, 6) is -1.29. The molecule has 2 aromatic rings. The van der Waals surface area contributed by atoms with Gasteiger partial charge in [-0.15, -0.1) is 0 Å². The van der Waals surface area contributed by atoms with Gasteiger partial charge in [-0.3, -0.25) is 0 Å². The lowest BCUT2D eigenvalue weighted by Crippen LogP contribution is -2.07. The standard InChI is InChI=1S/C17H15NO2/c1-12-5-4-7-13(9-12)15(11-18)10-14-6-2-3-8-16(14)17(19)20/h2-9,15H,10H2,1H3,(H,19,20). The van der Waals surface area contributed by atoms with Crippen molar-refractivity contribution in [1.82, 2.24) is 0 Å². The van der Waals surface area contributed by atoms with E-state index in [1.165, 1.54) is 0 Å². The van der Waals surface area contributed by atoms with Crippen LogP contribution in [0.4, 0.5) is 0 Å². The Hall–Kier alpha value is -2.60. The molecule has 0 bridgehead atoms. The van der Waals surface area contributed by atoms with Crippen LogP contribution in [-0.2, 0) is 6.42 Å². The van der Waals surface area contributed by atoms with Crippen LogP contribution in [0.25, 0.3) is 0 Å². The predicted octanol–water partition coefficient (Wildman–Crippen LogP) is 3.54. The number of aromatic carboxylic acids is 1. The third-order valence-corrected chi connectivity index (χ3v) is 3.27. The second-order valence-electron chi connectivity index (χ2n) is 4.76. The smallest absolute Gasteiger partial charge is 0.335 e. The summed E-state index contributed by atoms with van der Waals surface area (Å²) in [5.41, 5.74) is 2.97. The predicted molar refractivity (Wildman–Crippen MR) is 76.6 cm³/mol. The van der Waals surface area contributed by atoms with Gasteiger partial charge in [-0.2, -0.15) is 5.26 Å². The highest BCUT2D eigenvalue weighted by Crippen LogP contribution is 2.23. The zero-order valence-electron chi connectivity index (χ0n) is 11.2. The summed E-state index contributed by atoms with van der Waals surface area (Å²) in [6.45, 7) is 1.98. The molecule has 1 N–H and O–H groups in total. The molecule has 0 spiro atoms. The van der Waals surface area contributed by atoms with Gasteiger partial charge in [0.05, 0.1) is 17.6 Å². The second-order valence-corrected chi connectivity index (χ2v) is 4.76. The Kier molecular flexibility index (Phi) is 4.17. The number of benzene rings is 2. The van der Waals surface area contributed by atoms with Crippen molar-refractivity contribution in [2.45, 2.75) is 19.3 Å². The maximum absolute atomic E-state index is 11.2. The van der Waals surface area contributed by atoms with Gasteiger partial charge < -0.3 is 5.11 Å². The lowest BCUT2D eigenvalue weighted by Gasteiger charge is -2.12. The number of nitrogens with zero attached hydrogens (tertiary/aromatic N) is 1. The van der Waals surface area contributed by atoms with E-state index in [-0.39, 0.29) is 11.5 Å². The number of aryl methyl sites for hydroxylation is 1. The van der Waals surface area contributed by atoms with E-state index in [1.54, 1.807) is 24.3 Å². The molecule has 0 aliphatic carbocycles. The summed E-state index contributed by atoms with van der Waals surface area (Å²) in [6, 6.07) is 16.9. The van der Waals surface area contributed by atoms with Crippen molar-refractivity contribution in [2.24, 2.45) is 0 Å². The summed E-state index contributed by atoms with van der Waals surface area (Å²) in [5, 5.41) is 18.5. The Labute approximate surface area is 118 Å². The molecule has 2 aromatic carbocycles. The lowest BCUT2D eigenvalue weighted by atomic mass is 9.90. The largest absolute Gasteiger partial charge is 0.478 e. The summed E-state index contributed by atoms with van der Waals surface area (Å²) in [7, 11) is 0. The fourth-order valence-corrected chi connectivity index (χ4v) is 2.25. The number of carboxylic acids is 1. The van der Waals surface area contributed by atoms with Gasteiger partial charge >= 0.3 is 5.97 Å². The van der Waals surface area contributed by atoms with Crippen LogP contribution in [-0.4, -0.2) is 11.1 Å². The summed E-state index contributed by atoms with van der Waals surface area (Å²) in [6.07, 6.45) is 0.405. The highest BCUT2D eigenvalue weighted by molar-refractivity contribution is 5.89. The molecule has 1 unspecified atom stereocenters. The average molecular weight is 265 g/mol. The normalized spacial score (nSPS) is 11.6. The van der Waals surface area contributed by atoms with E-state index < -0.39 is 5.97 Å². The topological polar surface area (TPSA) is 61.1 Å². The van der Waals surface area contributed by atoms with Crippen molar-refractivity contribution in [3.05, 3.63) is 70.8 Å². The van der Waals surface area contributed by atoms with E-state index in [4.69, 9.17) is 0 Å². The second kappa shape index (κ2) is 6.03. The molecule has 3 nitrogen and oxygen atoms in total. The minimum atomic E-state index is -0.957. The van der Waals surface area contributed by atoms with Crippen LogP contribution < -0.4 is 0 Å². The van der Waals surface area contributed by atoms with Crippen molar-refractivity contribution < 1.29 is 9.90 Å². The molecule has 0 fully saturated rings. The SMILES string of the molecule is Cc1cccc(C(C#N)Cc2ccccc2C(=O)O)c1. The Bertz CT molecular complexity index is 671. The maximum Gasteiger partial charge on any atom is 0.335 e. The van der Waals surface area contributed by atoms with Crippen molar-refractivity contribution >= 4 is 5.97 Å². The van der Waals surface area contributed by atoms with Crippen LogP contribution >= 0.6 is 0 Å². The molecule has 0 amide bonds. The highest BCUT2D eigenvalue weighted by Gasteiger charge is 2.16. The zero-order valence-corrected chi connectivity index (χ0v) is 11.2. The van der Waals surface area contributed by atoms with E-state index in [1.807, 2.05) is 31.2 Å². The molecule has 0 radical (unpaired) electrons. The van der Waals surface area contributed by atoms with Crippen LogP contribution in [0, 0.1) is 18.3 Å². The Morgan fingerprint density at radius 1 is 1.25 bits per heavy atom. The fraction of sp³-hybridized carbons (Fsp3) is 0.176. The van der Waals surface area contributed by atoms with Crippen molar-refractivity contribution in [3.8, 4) is 6.07 Å². The van der Waals surface area contributed by atoms with Gasteiger partial charge in [0.2, 0.25) is 0 Å². The first-order valence-corrected chi connectivity index (χ1v) is 6.39. The van der Waals surface area contributed by atoms with Crippen LogP contribution in [0.5, 0.6) is 0 Å². The van der Waals surface area contributed by atoms with Crippen molar-refractivity contribution in [1.29, 1.82) is 5.26 Å². The molecule has 0 heterocycles. The molecular weight excluding hydrogens is 250 g/mol. The summed E-state index contributed by atoms with van der Waals surface area (Å²) < 4.78 is 0. The van der Waals surface area contributed by atoms with Gasteiger partial charge in [-0.25, -0.2) is 4.79 Å². The van der Waals surface area contributed by atoms with E-state index in [0.717, 1.165) is 11.1 Å². The van der Waals surface area contributed by atoms with Gasteiger partial charge in [-0.05, 0) is 30.5 Å². The van der Waals surface area contributed by atoms with E-state index in [0.29, 0.717) is 12.0 Å². The van der Waals surface area contributed by atoms with E-state index >= 15 is 0 Å². The molecule has 0 aliphatic heterocycles. The summed E-state index contributed by atoms with van der Waals surface area (Å²) in [4.78, 5) is 11.2. The van der Waals surface area contributed by atoms with Crippen LogP contribution in [0.2, 0.25) is 0 Å². The summed E-state index contributed by atoms with van der Waals surface area (Å²) >= 11 is 0. The van der Waals surface area contributed by atoms with E-state index in [9.17, 15) is 15.2 Å². The Balaban J connectivity index is 2.33. The number of carboxylic acid groups (broad SMARTS) is 1. The minimum absolute atomic E-state index is 0.264. The molecule has 0 aliphatic rings. The number of hydrogen-bond donors (Lipinski definition) is 1. The third-order valence-electron chi connectivity index (χ3n) is 3.27. The highest BCUT2D eigenvalue weighted by atomic mass is 16.4. The van der Waals surface area contributed by atoms with Gasteiger partial charge in [-0.1, -0.05) is 48.0 Å². The first kappa shape index (κ1) is 13.8. The van der Waals surface area contributed by atoms with Gasteiger partial charge in [0, 0.05) is 0 Å². The molecule has 0 saturated carbocycles. The van der Waals surface area contributed by atoms with E-state index in [2.05, 4.69) is 6.07 Å². The Morgan fingerprint density at radius 3 is 2.65 bits per heavy atom. The van der Waals surface area contributed by atoms with Crippen LogP contribution in [0.3, 0.4) is 0 Å². The van der Waals surface area contributed by atoms with Gasteiger partial charge in [0.15, 0.2) is 0 Å². The molecule has 0 aromatic heterocycles. The average Bonchev–Trinajstić information content (AvgIpc) is 2.45. The number of nitriles is 1. The number of rotatable bonds is 4. The van der Waals surface area contributed by atoms with Crippen LogP contribution in [0.15, 0.2) is 48.5 Å².